The minimum atomic E-state index is -0.312. The molecule has 1 aliphatic rings. The molecule has 2 aromatic heterocycles. The molecule has 3 heterocycles. The minimum Gasteiger partial charge on any atom is -0.347 e. The van der Waals surface area contributed by atoms with E-state index in [0.717, 1.165) is 28.4 Å². The highest BCUT2D eigenvalue weighted by molar-refractivity contribution is 7.20. The first kappa shape index (κ1) is 16.1. The largest absolute Gasteiger partial charge is 0.347 e. The predicted octanol–water partition coefficient (Wildman–Crippen LogP) is 2.49. The van der Waals surface area contributed by atoms with Crippen LogP contribution in [0, 0.1) is 0 Å². The molecule has 1 saturated heterocycles. The van der Waals surface area contributed by atoms with Gasteiger partial charge in [-0.2, -0.15) is 0 Å². The van der Waals surface area contributed by atoms with Gasteiger partial charge in [-0.3, -0.25) is 9.59 Å². The fourth-order valence-electron chi connectivity index (χ4n) is 2.78. The monoisotopic (exact) mass is 349 g/mol. The van der Waals surface area contributed by atoms with Crippen LogP contribution in [0.5, 0.6) is 0 Å². The number of thiophene rings is 1. The highest BCUT2D eigenvalue weighted by Crippen LogP contribution is 2.28. The Morgan fingerprint density at radius 3 is 2.91 bits per heavy atom. The molecule has 0 N–H and O–H groups in total. The summed E-state index contributed by atoms with van der Waals surface area (Å²) in [4.78, 5) is 33.7. The van der Waals surface area contributed by atoms with E-state index in [-0.39, 0.29) is 24.3 Å². The molecule has 0 radical (unpaired) electrons. The maximum atomic E-state index is 12.6. The molecule has 2 aromatic rings. The number of thiazole rings is 1. The van der Waals surface area contributed by atoms with E-state index in [2.05, 4.69) is 4.98 Å². The lowest BCUT2D eigenvalue weighted by Gasteiger charge is -2.26. The highest BCUT2D eigenvalue weighted by Gasteiger charge is 2.34. The first-order valence-electron chi connectivity index (χ1n) is 7.55. The zero-order chi connectivity index (χ0) is 16.4. The topological polar surface area (TPSA) is 53.5 Å². The van der Waals surface area contributed by atoms with Crippen molar-refractivity contribution in [2.24, 2.45) is 0 Å². The van der Waals surface area contributed by atoms with Crippen LogP contribution >= 0.6 is 22.7 Å². The van der Waals surface area contributed by atoms with Crippen LogP contribution in [0.1, 0.15) is 18.5 Å². The first-order chi connectivity index (χ1) is 11.1. The van der Waals surface area contributed by atoms with Crippen molar-refractivity contribution in [3.8, 4) is 9.88 Å². The molecule has 0 aromatic carbocycles. The molecule has 23 heavy (non-hydrogen) atoms. The molecule has 1 fully saturated rings. The predicted molar refractivity (Wildman–Crippen MR) is 92.6 cm³/mol. The Labute approximate surface area is 143 Å². The zero-order valence-electron chi connectivity index (χ0n) is 13.2. The molecule has 7 heteroatoms. The molecule has 0 saturated carbocycles. The van der Waals surface area contributed by atoms with E-state index < -0.39 is 0 Å². The van der Waals surface area contributed by atoms with Crippen LogP contribution in [0.2, 0.25) is 0 Å². The second kappa shape index (κ2) is 6.80. The van der Waals surface area contributed by atoms with Gasteiger partial charge in [-0.15, -0.1) is 22.7 Å². The Morgan fingerprint density at radius 1 is 1.39 bits per heavy atom. The van der Waals surface area contributed by atoms with Crippen LogP contribution < -0.4 is 0 Å². The van der Waals surface area contributed by atoms with Gasteiger partial charge in [-0.1, -0.05) is 6.07 Å². The number of nitrogens with zero attached hydrogens (tertiary/aromatic N) is 3. The van der Waals surface area contributed by atoms with Crippen molar-refractivity contribution in [1.82, 2.24) is 14.8 Å². The second-order valence-electron chi connectivity index (χ2n) is 5.78. The lowest BCUT2D eigenvalue weighted by atomic mass is 10.2. The number of carbonyl (C=O) groups is 2. The van der Waals surface area contributed by atoms with Gasteiger partial charge in [-0.25, -0.2) is 4.98 Å². The zero-order valence-corrected chi connectivity index (χ0v) is 14.8. The van der Waals surface area contributed by atoms with Gasteiger partial charge in [0.1, 0.15) is 11.0 Å². The quantitative estimate of drug-likeness (QED) is 0.852. The molecule has 122 valence electrons. The van der Waals surface area contributed by atoms with Gasteiger partial charge in [0.25, 0.3) is 0 Å². The first-order valence-corrected chi connectivity index (χ1v) is 9.31. The summed E-state index contributed by atoms with van der Waals surface area (Å²) in [6.07, 6.45) is 1.90. The van der Waals surface area contributed by atoms with Gasteiger partial charge in [-0.05, 0) is 24.3 Å². The second-order valence-corrected chi connectivity index (χ2v) is 7.58. The minimum absolute atomic E-state index is 0.00778. The number of aromatic nitrogens is 1. The summed E-state index contributed by atoms with van der Waals surface area (Å²) in [7, 11) is 3.47. The molecule has 1 atom stereocenters. The van der Waals surface area contributed by atoms with E-state index in [0.29, 0.717) is 6.54 Å². The normalized spacial score (nSPS) is 17.5. The van der Waals surface area contributed by atoms with Crippen LogP contribution in [0.4, 0.5) is 0 Å². The fraction of sp³-hybridized carbons (Fsp3) is 0.438. The summed E-state index contributed by atoms with van der Waals surface area (Å²) in [5.74, 6) is -0.000804. The number of amides is 2. The average molecular weight is 349 g/mol. The molecule has 1 aliphatic heterocycles. The van der Waals surface area contributed by atoms with E-state index in [4.69, 9.17) is 0 Å². The van der Waals surface area contributed by atoms with Gasteiger partial charge in [0, 0.05) is 26.0 Å². The number of hydrogen-bond acceptors (Lipinski definition) is 5. The third-order valence-corrected chi connectivity index (χ3v) is 5.85. The molecule has 3 rings (SSSR count). The van der Waals surface area contributed by atoms with Crippen LogP contribution in [-0.4, -0.2) is 53.3 Å². The van der Waals surface area contributed by atoms with Gasteiger partial charge >= 0.3 is 0 Å². The summed E-state index contributed by atoms with van der Waals surface area (Å²) in [6, 6.07) is 3.71. The van der Waals surface area contributed by atoms with Gasteiger partial charge in [0.2, 0.25) is 11.8 Å². The third-order valence-electron chi connectivity index (χ3n) is 3.92. The summed E-state index contributed by atoms with van der Waals surface area (Å²) in [6.45, 7) is 0.658. The number of likely N-dealkylation sites (N-methyl/N-ethyl adjacent to an activating group) is 1. The Kier molecular flexibility index (Phi) is 4.77. The molecular formula is C16H19N3O2S2. The van der Waals surface area contributed by atoms with Crippen molar-refractivity contribution in [3.63, 3.8) is 0 Å². The van der Waals surface area contributed by atoms with Crippen molar-refractivity contribution in [2.75, 3.05) is 20.6 Å². The third kappa shape index (κ3) is 3.45. The molecule has 5 nitrogen and oxygen atoms in total. The summed E-state index contributed by atoms with van der Waals surface area (Å²) in [5, 5.41) is 4.90. The van der Waals surface area contributed by atoms with E-state index in [1.165, 1.54) is 0 Å². The maximum Gasteiger partial charge on any atom is 0.244 e. The smallest absolute Gasteiger partial charge is 0.244 e. The van der Waals surface area contributed by atoms with Crippen molar-refractivity contribution < 1.29 is 9.59 Å². The number of rotatable bonds is 4. The summed E-state index contributed by atoms with van der Waals surface area (Å²) < 4.78 is 0. The van der Waals surface area contributed by atoms with Crippen molar-refractivity contribution in [1.29, 1.82) is 0 Å². The molecule has 2 amide bonds. The van der Waals surface area contributed by atoms with Crippen molar-refractivity contribution in [2.45, 2.75) is 25.3 Å². The maximum absolute atomic E-state index is 12.6. The fourth-order valence-corrected chi connectivity index (χ4v) is 4.41. The van der Waals surface area contributed by atoms with Crippen LogP contribution in [0.25, 0.3) is 9.88 Å². The Balaban J connectivity index is 1.68. The SMILES string of the molecule is CN(C)C(=O)C1CCCN1C(=O)Cc1csc(-c2cccs2)n1. The van der Waals surface area contributed by atoms with Gasteiger partial charge in [0.15, 0.2) is 0 Å². The summed E-state index contributed by atoms with van der Waals surface area (Å²) in [5.41, 5.74) is 0.784. The molecule has 0 bridgehead atoms. The van der Waals surface area contributed by atoms with Crippen LogP contribution in [-0.2, 0) is 16.0 Å². The Morgan fingerprint density at radius 2 is 2.22 bits per heavy atom. The van der Waals surface area contributed by atoms with Crippen molar-refractivity contribution >= 4 is 34.5 Å². The molecule has 0 spiro atoms. The summed E-state index contributed by atoms with van der Waals surface area (Å²) >= 11 is 3.20. The lowest BCUT2D eigenvalue weighted by Crippen LogP contribution is -2.46. The molecule has 1 unspecified atom stereocenters. The van der Waals surface area contributed by atoms with Gasteiger partial charge in [0.05, 0.1) is 17.0 Å². The lowest BCUT2D eigenvalue weighted by molar-refractivity contribution is -0.141. The number of hydrogen-bond donors (Lipinski definition) is 0. The molecule has 0 aliphatic carbocycles. The number of likely N-dealkylation sites (tertiary alicyclic amines) is 1. The van der Waals surface area contributed by atoms with Gasteiger partial charge < -0.3 is 9.80 Å². The van der Waals surface area contributed by atoms with E-state index >= 15 is 0 Å². The van der Waals surface area contributed by atoms with E-state index in [1.54, 1.807) is 46.6 Å². The van der Waals surface area contributed by atoms with Crippen molar-refractivity contribution in [3.05, 3.63) is 28.6 Å². The van der Waals surface area contributed by atoms with E-state index in [1.807, 2.05) is 22.9 Å². The van der Waals surface area contributed by atoms with Crippen LogP contribution in [0.3, 0.4) is 0 Å². The Hall–Kier alpha value is -1.73. The molecular weight excluding hydrogens is 330 g/mol. The Bertz CT molecular complexity index is 694. The van der Waals surface area contributed by atoms with Crippen LogP contribution in [0.15, 0.2) is 22.9 Å². The highest BCUT2D eigenvalue weighted by atomic mass is 32.1. The number of carbonyl (C=O) groups excluding carboxylic acids is 2. The van der Waals surface area contributed by atoms with E-state index in [9.17, 15) is 9.59 Å². The standard InChI is InChI=1S/C16H19N3O2S2/c1-18(2)16(21)12-5-3-7-19(12)14(20)9-11-10-23-15(17-11)13-6-4-8-22-13/h4,6,8,10,12H,3,5,7,9H2,1-2H3. The average Bonchev–Trinajstić information content (AvgIpc) is 3.26.